The third-order valence-electron chi connectivity index (χ3n) is 5.95. The standard InChI is InChI=1S/C23H25N3O4S/c1-2-9-25(23-24-17-5-3-4-6-20(17)31-23)22(28)15-12-21(27)26(14-15)16-7-8-18-19(13-16)30-11-10-29-18/h2,7-8,13,15H,1,3-6,9-12,14H2. The van der Waals surface area contributed by atoms with E-state index in [-0.39, 0.29) is 18.2 Å². The van der Waals surface area contributed by atoms with Crippen molar-refractivity contribution in [3.8, 4) is 11.5 Å². The molecule has 1 saturated heterocycles. The SMILES string of the molecule is C=CCN(C(=O)C1CC(=O)N(c2ccc3c(c2)OCCO3)C1)c1nc2c(s1)CCCC2. The van der Waals surface area contributed by atoms with E-state index >= 15 is 0 Å². The van der Waals surface area contributed by atoms with Gasteiger partial charge in [-0.15, -0.1) is 17.9 Å². The molecule has 1 aromatic heterocycles. The Kier molecular flexibility index (Phi) is 5.40. The fraction of sp³-hybridized carbons (Fsp3) is 0.435. The Morgan fingerprint density at radius 3 is 2.87 bits per heavy atom. The summed E-state index contributed by atoms with van der Waals surface area (Å²) < 4.78 is 11.2. The van der Waals surface area contributed by atoms with Gasteiger partial charge in [0.15, 0.2) is 16.6 Å². The predicted octanol–water partition coefficient (Wildman–Crippen LogP) is 3.37. The molecule has 1 fully saturated rings. The molecule has 0 radical (unpaired) electrons. The van der Waals surface area contributed by atoms with Crippen molar-refractivity contribution in [2.45, 2.75) is 32.1 Å². The average molecular weight is 440 g/mol. The number of anilines is 2. The van der Waals surface area contributed by atoms with Crippen LogP contribution >= 0.6 is 11.3 Å². The Morgan fingerprint density at radius 1 is 1.26 bits per heavy atom. The minimum Gasteiger partial charge on any atom is -0.486 e. The van der Waals surface area contributed by atoms with Gasteiger partial charge >= 0.3 is 0 Å². The number of carbonyl (C=O) groups is 2. The molecule has 5 rings (SSSR count). The van der Waals surface area contributed by atoms with Gasteiger partial charge in [-0.1, -0.05) is 6.08 Å². The van der Waals surface area contributed by atoms with Crippen LogP contribution in [0.1, 0.15) is 29.8 Å². The molecule has 2 aliphatic heterocycles. The molecular weight excluding hydrogens is 414 g/mol. The number of fused-ring (bicyclic) bond motifs is 2. The summed E-state index contributed by atoms with van der Waals surface area (Å²) in [6.45, 7) is 5.55. The molecule has 3 aliphatic rings. The molecule has 1 unspecified atom stereocenters. The van der Waals surface area contributed by atoms with Crippen LogP contribution in [0.25, 0.3) is 0 Å². The van der Waals surface area contributed by atoms with Crippen molar-refractivity contribution < 1.29 is 19.1 Å². The van der Waals surface area contributed by atoms with E-state index in [2.05, 4.69) is 6.58 Å². The molecule has 0 saturated carbocycles. The van der Waals surface area contributed by atoms with Crippen LogP contribution in [0.3, 0.4) is 0 Å². The van der Waals surface area contributed by atoms with Crippen molar-refractivity contribution >= 4 is 34.0 Å². The van der Waals surface area contributed by atoms with Gasteiger partial charge in [-0.05, 0) is 37.8 Å². The molecule has 0 N–H and O–H groups in total. The van der Waals surface area contributed by atoms with E-state index in [1.165, 1.54) is 11.3 Å². The highest BCUT2D eigenvalue weighted by Crippen LogP contribution is 2.37. The van der Waals surface area contributed by atoms with Gasteiger partial charge in [0.05, 0.1) is 11.6 Å². The zero-order chi connectivity index (χ0) is 21.4. The highest BCUT2D eigenvalue weighted by molar-refractivity contribution is 7.16. The minimum absolute atomic E-state index is 0.0629. The molecule has 8 heteroatoms. The number of thiazole rings is 1. The molecule has 0 spiro atoms. The molecule has 3 heterocycles. The number of hydrogen-bond acceptors (Lipinski definition) is 6. The number of amides is 2. The first-order valence-electron chi connectivity index (χ1n) is 10.7. The van der Waals surface area contributed by atoms with E-state index in [9.17, 15) is 9.59 Å². The minimum atomic E-state index is -0.415. The van der Waals surface area contributed by atoms with E-state index < -0.39 is 5.92 Å². The Balaban J connectivity index is 1.35. The van der Waals surface area contributed by atoms with Crippen LogP contribution in [-0.2, 0) is 22.4 Å². The van der Waals surface area contributed by atoms with Gasteiger partial charge in [0.25, 0.3) is 0 Å². The second-order valence-corrected chi connectivity index (χ2v) is 9.11. The summed E-state index contributed by atoms with van der Waals surface area (Å²) >= 11 is 1.60. The van der Waals surface area contributed by atoms with Crippen molar-refractivity contribution in [3.63, 3.8) is 0 Å². The van der Waals surface area contributed by atoms with E-state index in [1.54, 1.807) is 27.2 Å². The number of nitrogens with zero attached hydrogens (tertiary/aromatic N) is 3. The molecule has 1 aromatic carbocycles. The van der Waals surface area contributed by atoms with Crippen LogP contribution in [0.5, 0.6) is 11.5 Å². The lowest BCUT2D eigenvalue weighted by Gasteiger charge is -2.23. The molecule has 7 nitrogen and oxygen atoms in total. The Morgan fingerprint density at radius 2 is 2.06 bits per heavy atom. The summed E-state index contributed by atoms with van der Waals surface area (Å²) in [5, 5.41) is 0.724. The van der Waals surface area contributed by atoms with E-state index in [4.69, 9.17) is 14.5 Å². The van der Waals surface area contributed by atoms with E-state index in [1.807, 2.05) is 18.2 Å². The first-order chi connectivity index (χ1) is 15.1. The highest BCUT2D eigenvalue weighted by atomic mass is 32.1. The van der Waals surface area contributed by atoms with Gasteiger partial charge in [-0.2, -0.15) is 0 Å². The third kappa shape index (κ3) is 3.80. The maximum absolute atomic E-state index is 13.4. The number of hydrogen-bond donors (Lipinski definition) is 0. The lowest BCUT2D eigenvalue weighted by atomic mass is 10.0. The summed E-state index contributed by atoms with van der Waals surface area (Å²) in [5.41, 5.74) is 1.85. The molecule has 2 amide bonds. The van der Waals surface area contributed by atoms with Crippen LogP contribution < -0.4 is 19.3 Å². The zero-order valence-electron chi connectivity index (χ0n) is 17.3. The van der Waals surface area contributed by atoms with Crippen molar-refractivity contribution in [2.75, 3.05) is 36.1 Å². The Labute approximate surface area is 185 Å². The van der Waals surface area contributed by atoms with Gasteiger partial charge in [0.1, 0.15) is 13.2 Å². The van der Waals surface area contributed by atoms with Crippen molar-refractivity contribution in [3.05, 3.63) is 41.4 Å². The molecule has 31 heavy (non-hydrogen) atoms. The second kappa shape index (κ2) is 8.34. The topological polar surface area (TPSA) is 72.0 Å². The van der Waals surface area contributed by atoms with Crippen LogP contribution in [0, 0.1) is 5.92 Å². The summed E-state index contributed by atoms with van der Waals surface area (Å²) in [7, 11) is 0. The average Bonchev–Trinajstić information content (AvgIpc) is 3.40. The van der Waals surface area contributed by atoms with Crippen LogP contribution in [0.4, 0.5) is 10.8 Å². The number of aromatic nitrogens is 1. The van der Waals surface area contributed by atoms with Crippen LogP contribution in [-0.4, -0.2) is 43.1 Å². The normalized spacial score (nSPS) is 19.8. The summed E-state index contributed by atoms with van der Waals surface area (Å²) in [6.07, 6.45) is 6.23. The van der Waals surface area contributed by atoms with Crippen molar-refractivity contribution in [1.29, 1.82) is 0 Å². The fourth-order valence-electron chi connectivity index (χ4n) is 4.39. The zero-order valence-corrected chi connectivity index (χ0v) is 18.2. The maximum Gasteiger partial charge on any atom is 0.234 e. The van der Waals surface area contributed by atoms with Crippen molar-refractivity contribution in [2.24, 2.45) is 5.92 Å². The predicted molar refractivity (Wildman–Crippen MR) is 119 cm³/mol. The molecule has 0 bridgehead atoms. The van der Waals surface area contributed by atoms with E-state index in [0.29, 0.717) is 37.8 Å². The quantitative estimate of drug-likeness (QED) is 0.668. The number of ether oxygens (including phenoxy) is 2. The van der Waals surface area contributed by atoms with Gasteiger partial charge in [-0.25, -0.2) is 4.98 Å². The summed E-state index contributed by atoms with van der Waals surface area (Å²) in [6, 6.07) is 5.47. The number of aryl methyl sites for hydroxylation is 2. The molecular formula is C23H25N3O4S. The highest BCUT2D eigenvalue weighted by Gasteiger charge is 2.38. The summed E-state index contributed by atoms with van der Waals surface area (Å²) in [5.74, 6) is 0.764. The Bertz CT molecular complexity index is 1010. The van der Waals surface area contributed by atoms with E-state index in [0.717, 1.165) is 35.8 Å². The largest absolute Gasteiger partial charge is 0.486 e. The smallest absolute Gasteiger partial charge is 0.234 e. The first kappa shape index (κ1) is 20.1. The number of carbonyl (C=O) groups excluding carboxylic acids is 2. The van der Waals surface area contributed by atoms with Gasteiger partial charge in [-0.3, -0.25) is 14.5 Å². The van der Waals surface area contributed by atoms with Crippen LogP contribution in [0.15, 0.2) is 30.9 Å². The monoisotopic (exact) mass is 439 g/mol. The summed E-state index contributed by atoms with van der Waals surface area (Å²) in [4.78, 5) is 35.6. The molecule has 1 aliphatic carbocycles. The fourth-order valence-corrected chi connectivity index (χ4v) is 5.55. The molecule has 1 atom stereocenters. The third-order valence-corrected chi connectivity index (χ3v) is 7.14. The Hall–Kier alpha value is -2.87. The van der Waals surface area contributed by atoms with Crippen molar-refractivity contribution in [1.82, 2.24) is 4.98 Å². The molecule has 2 aromatic rings. The first-order valence-corrected chi connectivity index (χ1v) is 11.6. The lowest BCUT2D eigenvalue weighted by Crippen LogP contribution is -2.37. The van der Waals surface area contributed by atoms with Crippen LogP contribution in [0.2, 0.25) is 0 Å². The lowest BCUT2D eigenvalue weighted by molar-refractivity contribution is -0.124. The van der Waals surface area contributed by atoms with Gasteiger partial charge < -0.3 is 14.4 Å². The van der Waals surface area contributed by atoms with Gasteiger partial charge in [0, 0.05) is 36.1 Å². The molecule has 162 valence electrons. The van der Waals surface area contributed by atoms with Gasteiger partial charge in [0.2, 0.25) is 11.8 Å². The number of benzene rings is 1. The maximum atomic E-state index is 13.4. The second-order valence-electron chi connectivity index (χ2n) is 8.04. The number of rotatable bonds is 5.